The molecular formula is C18H15Cl2N3O. The monoisotopic (exact) mass is 359 g/mol. The lowest BCUT2D eigenvalue weighted by molar-refractivity contribution is 0.806. The molecule has 122 valence electrons. The zero-order chi connectivity index (χ0) is 16.9. The number of hydrogen-bond acceptors (Lipinski definition) is 3. The molecule has 0 aliphatic rings. The summed E-state index contributed by atoms with van der Waals surface area (Å²) in [5.74, 6) is 0. The van der Waals surface area contributed by atoms with Crippen molar-refractivity contribution in [1.82, 2.24) is 9.78 Å². The maximum Gasteiger partial charge on any atom is 0.292 e. The first-order chi connectivity index (χ1) is 11.6. The Morgan fingerprint density at radius 3 is 2.42 bits per heavy atom. The van der Waals surface area contributed by atoms with E-state index in [0.29, 0.717) is 22.9 Å². The molecule has 0 saturated heterocycles. The largest absolute Gasteiger partial charge is 0.382 e. The Bertz CT molecular complexity index is 877. The SMILES string of the molecule is O=c1c(Cl)c(NCCc2ccc(Cl)cc2)cnn1-c1ccccc1. The summed E-state index contributed by atoms with van der Waals surface area (Å²) in [5, 5.41) is 8.18. The number of anilines is 1. The molecule has 6 heteroatoms. The van der Waals surface area contributed by atoms with Crippen molar-refractivity contribution in [2.45, 2.75) is 6.42 Å². The number of benzene rings is 2. The van der Waals surface area contributed by atoms with Crippen molar-refractivity contribution in [3.8, 4) is 5.69 Å². The van der Waals surface area contributed by atoms with Crippen molar-refractivity contribution < 1.29 is 0 Å². The van der Waals surface area contributed by atoms with E-state index in [9.17, 15) is 4.79 Å². The third-order valence-corrected chi connectivity index (χ3v) is 4.18. The van der Waals surface area contributed by atoms with E-state index >= 15 is 0 Å². The van der Waals surface area contributed by atoms with Crippen LogP contribution in [0.15, 0.2) is 65.6 Å². The molecule has 2 aromatic carbocycles. The predicted molar refractivity (Wildman–Crippen MR) is 98.5 cm³/mol. The van der Waals surface area contributed by atoms with Crippen LogP contribution in [0.3, 0.4) is 0 Å². The first kappa shape index (κ1) is 16.6. The van der Waals surface area contributed by atoms with Gasteiger partial charge in [0.05, 0.1) is 17.6 Å². The van der Waals surface area contributed by atoms with Gasteiger partial charge in [0.25, 0.3) is 5.56 Å². The van der Waals surface area contributed by atoms with Crippen LogP contribution in [-0.2, 0) is 6.42 Å². The van der Waals surface area contributed by atoms with Crippen LogP contribution in [0.4, 0.5) is 5.69 Å². The average molecular weight is 360 g/mol. The second-order valence-electron chi connectivity index (χ2n) is 5.23. The van der Waals surface area contributed by atoms with Crippen LogP contribution in [0.25, 0.3) is 5.69 Å². The van der Waals surface area contributed by atoms with E-state index in [2.05, 4.69) is 10.4 Å². The molecule has 1 heterocycles. The highest BCUT2D eigenvalue weighted by Gasteiger charge is 2.10. The normalized spacial score (nSPS) is 10.6. The molecule has 1 N–H and O–H groups in total. The molecule has 3 rings (SSSR count). The van der Waals surface area contributed by atoms with E-state index in [-0.39, 0.29) is 10.6 Å². The van der Waals surface area contributed by atoms with Crippen LogP contribution in [0.2, 0.25) is 10.0 Å². The van der Waals surface area contributed by atoms with E-state index in [4.69, 9.17) is 23.2 Å². The minimum atomic E-state index is -0.348. The van der Waals surface area contributed by atoms with Crippen LogP contribution in [0.5, 0.6) is 0 Å². The summed E-state index contributed by atoms with van der Waals surface area (Å²) in [5.41, 5.74) is 2.01. The zero-order valence-corrected chi connectivity index (χ0v) is 14.3. The van der Waals surface area contributed by atoms with Crippen LogP contribution in [0.1, 0.15) is 5.56 Å². The molecule has 0 amide bonds. The second-order valence-corrected chi connectivity index (χ2v) is 6.04. The highest BCUT2D eigenvalue weighted by molar-refractivity contribution is 6.33. The molecule has 0 unspecified atom stereocenters. The van der Waals surface area contributed by atoms with E-state index in [1.165, 1.54) is 4.68 Å². The number of nitrogens with zero attached hydrogens (tertiary/aromatic N) is 2. The van der Waals surface area contributed by atoms with Crippen LogP contribution < -0.4 is 10.9 Å². The summed E-state index contributed by atoms with van der Waals surface area (Å²) in [7, 11) is 0. The fourth-order valence-corrected chi connectivity index (χ4v) is 2.62. The maximum atomic E-state index is 12.4. The van der Waals surface area contributed by atoms with Crippen molar-refractivity contribution in [3.63, 3.8) is 0 Å². The van der Waals surface area contributed by atoms with Gasteiger partial charge in [0.1, 0.15) is 5.02 Å². The highest BCUT2D eigenvalue weighted by Crippen LogP contribution is 2.17. The predicted octanol–water partition coefficient (Wildman–Crippen LogP) is 4.19. The summed E-state index contributed by atoms with van der Waals surface area (Å²) < 4.78 is 1.28. The molecule has 0 aliphatic carbocycles. The lowest BCUT2D eigenvalue weighted by Crippen LogP contribution is -2.23. The Morgan fingerprint density at radius 2 is 1.71 bits per heavy atom. The van der Waals surface area contributed by atoms with E-state index in [1.54, 1.807) is 18.3 Å². The number of rotatable bonds is 5. The Kier molecular flexibility index (Phi) is 5.18. The highest BCUT2D eigenvalue weighted by atomic mass is 35.5. The van der Waals surface area contributed by atoms with Gasteiger partial charge >= 0.3 is 0 Å². The molecule has 0 aliphatic heterocycles. The van der Waals surface area contributed by atoms with Crippen molar-refractivity contribution in [2.75, 3.05) is 11.9 Å². The number of para-hydroxylation sites is 1. The second kappa shape index (κ2) is 7.51. The van der Waals surface area contributed by atoms with Crippen LogP contribution in [0, 0.1) is 0 Å². The van der Waals surface area contributed by atoms with E-state index in [1.807, 2.05) is 42.5 Å². The number of halogens is 2. The van der Waals surface area contributed by atoms with Gasteiger partial charge in [-0.25, -0.2) is 0 Å². The smallest absolute Gasteiger partial charge is 0.292 e. The number of aromatic nitrogens is 2. The standard InChI is InChI=1S/C18H15Cl2N3O/c19-14-8-6-13(7-9-14)10-11-21-16-12-22-23(18(24)17(16)20)15-4-2-1-3-5-15/h1-9,12,21H,10-11H2. The van der Waals surface area contributed by atoms with Gasteiger partial charge < -0.3 is 5.32 Å². The van der Waals surface area contributed by atoms with Gasteiger partial charge in [0, 0.05) is 11.6 Å². The topological polar surface area (TPSA) is 46.9 Å². The quantitative estimate of drug-likeness (QED) is 0.742. The number of hydrogen-bond donors (Lipinski definition) is 1. The van der Waals surface area contributed by atoms with Crippen LogP contribution in [-0.4, -0.2) is 16.3 Å². The lowest BCUT2D eigenvalue weighted by Gasteiger charge is -2.10. The number of nitrogens with one attached hydrogen (secondary N) is 1. The molecule has 0 spiro atoms. The Morgan fingerprint density at radius 1 is 1.00 bits per heavy atom. The van der Waals surface area contributed by atoms with Gasteiger partial charge in [0.2, 0.25) is 0 Å². The molecule has 0 atom stereocenters. The van der Waals surface area contributed by atoms with Crippen molar-refractivity contribution in [1.29, 1.82) is 0 Å². The van der Waals surface area contributed by atoms with Crippen LogP contribution >= 0.6 is 23.2 Å². The van der Waals surface area contributed by atoms with Crippen molar-refractivity contribution >= 4 is 28.9 Å². The summed E-state index contributed by atoms with van der Waals surface area (Å²) >= 11 is 12.1. The van der Waals surface area contributed by atoms with Gasteiger partial charge in [-0.05, 0) is 36.2 Å². The third kappa shape index (κ3) is 3.78. The van der Waals surface area contributed by atoms with E-state index in [0.717, 1.165) is 12.0 Å². The van der Waals surface area contributed by atoms with Crippen molar-refractivity contribution in [3.05, 3.63) is 86.8 Å². The first-order valence-electron chi connectivity index (χ1n) is 7.47. The minimum absolute atomic E-state index is 0.130. The maximum absolute atomic E-state index is 12.4. The summed E-state index contributed by atoms with van der Waals surface area (Å²) in [6, 6.07) is 16.8. The lowest BCUT2D eigenvalue weighted by atomic mass is 10.1. The Balaban J connectivity index is 1.72. The van der Waals surface area contributed by atoms with Gasteiger partial charge in [0.15, 0.2) is 0 Å². The Hall–Kier alpha value is -2.30. The Labute approximate surface area is 149 Å². The van der Waals surface area contributed by atoms with Crippen molar-refractivity contribution in [2.24, 2.45) is 0 Å². The molecular weight excluding hydrogens is 345 g/mol. The van der Waals surface area contributed by atoms with Gasteiger partial charge in [-0.15, -0.1) is 0 Å². The minimum Gasteiger partial charge on any atom is -0.382 e. The fraction of sp³-hybridized carbons (Fsp3) is 0.111. The molecule has 4 nitrogen and oxygen atoms in total. The fourth-order valence-electron chi connectivity index (χ4n) is 2.30. The summed E-state index contributed by atoms with van der Waals surface area (Å²) in [6.45, 7) is 0.637. The summed E-state index contributed by atoms with van der Waals surface area (Å²) in [6.07, 6.45) is 2.36. The average Bonchev–Trinajstić information content (AvgIpc) is 2.61. The van der Waals surface area contributed by atoms with Gasteiger partial charge in [-0.1, -0.05) is 53.5 Å². The zero-order valence-electron chi connectivity index (χ0n) is 12.7. The third-order valence-electron chi connectivity index (χ3n) is 3.56. The van der Waals surface area contributed by atoms with Gasteiger partial charge in [-0.2, -0.15) is 9.78 Å². The van der Waals surface area contributed by atoms with Gasteiger partial charge in [-0.3, -0.25) is 4.79 Å². The molecule has 0 bridgehead atoms. The molecule has 0 radical (unpaired) electrons. The summed E-state index contributed by atoms with van der Waals surface area (Å²) in [4.78, 5) is 12.4. The molecule has 1 aromatic heterocycles. The van der Waals surface area contributed by atoms with E-state index < -0.39 is 0 Å². The first-order valence-corrected chi connectivity index (χ1v) is 8.22. The molecule has 3 aromatic rings. The molecule has 0 fully saturated rings. The molecule has 0 saturated carbocycles. The molecule has 24 heavy (non-hydrogen) atoms.